The molecule has 0 spiro atoms. The monoisotopic (exact) mass is 257 g/mol. The number of rotatable bonds is 2. The van der Waals surface area contributed by atoms with Crippen molar-refractivity contribution in [2.75, 3.05) is 13.2 Å². The maximum Gasteiger partial charge on any atom is 0.420 e. The molecule has 0 bridgehead atoms. The van der Waals surface area contributed by atoms with Gasteiger partial charge in [0, 0.05) is 6.42 Å². The predicted octanol–water partition coefficient (Wildman–Crippen LogP) is 2.74. The Morgan fingerprint density at radius 1 is 1.39 bits per heavy atom. The summed E-state index contributed by atoms with van der Waals surface area (Å²) >= 11 is 0. The van der Waals surface area contributed by atoms with Gasteiger partial charge in [-0.2, -0.15) is 18.4 Å². The van der Waals surface area contributed by atoms with Gasteiger partial charge in [-0.1, -0.05) is 0 Å². The van der Waals surface area contributed by atoms with Crippen LogP contribution in [-0.4, -0.2) is 19.3 Å². The second kappa shape index (κ2) is 4.86. The minimum absolute atomic E-state index is 0.0441. The zero-order chi connectivity index (χ0) is 13.2. The number of alkyl halides is 3. The van der Waals surface area contributed by atoms with Crippen molar-refractivity contribution in [2.24, 2.45) is 0 Å². The van der Waals surface area contributed by atoms with E-state index in [1.807, 2.05) is 0 Å². The molecule has 18 heavy (non-hydrogen) atoms. The van der Waals surface area contributed by atoms with Crippen molar-refractivity contribution in [3.63, 3.8) is 0 Å². The van der Waals surface area contributed by atoms with Gasteiger partial charge >= 0.3 is 6.18 Å². The Labute approximate surface area is 102 Å². The van der Waals surface area contributed by atoms with Crippen molar-refractivity contribution in [3.8, 4) is 11.8 Å². The SMILES string of the molecule is N#Cc1ccc(OC2CCOC2)c(C(F)(F)F)c1. The molecule has 3 nitrogen and oxygen atoms in total. The fourth-order valence-electron chi connectivity index (χ4n) is 1.71. The van der Waals surface area contributed by atoms with Crippen LogP contribution in [0.25, 0.3) is 0 Å². The lowest BCUT2D eigenvalue weighted by atomic mass is 10.1. The van der Waals surface area contributed by atoms with E-state index in [1.54, 1.807) is 6.07 Å². The average molecular weight is 257 g/mol. The van der Waals surface area contributed by atoms with Crippen molar-refractivity contribution in [1.29, 1.82) is 5.26 Å². The largest absolute Gasteiger partial charge is 0.487 e. The average Bonchev–Trinajstić information content (AvgIpc) is 2.81. The number of nitrogens with zero attached hydrogens (tertiary/aromatic N) is 1. The molecule has 0 amide bonds. The molecule has 1 atom stereocenters. The van der Waals surface area contributed by atoms with Gasteiger partial charge in [-0.15, -0.1) is 0 Å². The van der Waals surface area contributed by atoms with E-state index in [-0.39, 0.29) is 24.0 Å². The van der Waals surface area contributed by atoms with Gasteiger partial charge in [0.15, 0.2) is 0 Å². The van der Waals surface area contributed by atoms with E-state index in [4.69, 9.17) is 14.7 Å². The third-order valence-electron chi connectivity index (χ3n) is 2.60. The fourth-order valence-corrected chi connectivity index (χ4v) is 1.71. The van der Waals surface area contributed by atoms with Gasteiger partial charge in [0.25, 0.3) is 0 Å². The quantitative estimate of drug-likeness (QED) is 0.818. The van der Waals surface area contributed by atoms with Gasteiger partial charge in [0.05, 0.1) is 30.4 Å². The van der Waals surface area contributed by atoms with Crippen LogP contribution < -0.4 is 4.74 Å². The number of hydrogen-bond donors (Lipinski definition) is 0. The van der Waals surface area contributed by atoms with E-state index < -0.39 is 11.7 Å². The smallest absolute Gasteiger partial charge is 0.420 e. The van der Waals surface area contributed by atoms with Gasteiger partial charge in [-0.05, 0) is 18.2 Å². The van der Waals surface area contributed by atoms with Crippen LogP contribution in [0.1, 0.15) is 17.5 Å². The summed E-state index contributed by atoms with van der Waals surface area (Å²) in [5.41, 5.74) is -0.967. The molecule has 1 aromatic carbocycles. The standard InChI is InChI=1S/C12H10F3NO2/c13-12(14,15)10-5-8(6-16)1-2-11(10)18-9-3-4-17-7-9/h1-2,5,9H,3-4,7H2. The number of ether oxygens (including phenoxy) is 2. The van der Waals surface area contributed by atoms with E-state index in [1.165, 1.54) is 12.1 Å². The molecule has 0 saturated carbocycles. The van der Waals surface area contributed by atoms with E-state index in [0.717, 1.165) is 6.07 Å². The molecule has 0 aromatic heterocycles. The third-order valence-corrected chi connectivity index (χ3v) is 2.60. The van der Waals surface area contributed by atoms with Crippen molar-refractivity contribution in [2.45, 2.75) is 18.7 Å². The number of hydrogen-bond acceptors (Lipinski definition) is 3. The Morgan fingerprint density at radius 2 is 2.17 bits per heavy atom. The molecule has 1 heterocycles. The number of nitriles is 1. The molecule has 1 aliphatic rings. The lowest BCUT2D eigenvalue weighted by Crippen LogP contribution is -2.18. The van der Waals surface area contributed by atoms with Crippen LogP contribution in [0, 0.1) is 11.3 Å². The maximum absolute atomic E-state index is 12.8. The van der Waals surface area contributed by atoms with Gasteiger partial charge in [-0.25, -0.2) is 0 Å². The lowest BCUT2D eigenvalue weighted by Gasteiger charge is -2.17. The molecular weight excluding hydrogens is 247 g/mol. The molecule has 0 radical (unpaired) electrons. The van der Waals surface area contributed by atoms with Crippen LogP contribution in [0.15, 0.2) is 18.2 Å². The fraction of sp³-hybridized carbons (Fsp3) is 0.417. The maximum atomic E-state index is 12.8. The van der Waals surface area contributed by atoms with E-state index >= 15 is 0 Å². The zero-order valence-electron chi connectivity index (χ0n) is 9.33. The number of benzene rings is 1. The molecule has 1 saturated heterocycles. The van der Waals surface area contributed by atoms with Crippen molar-refractivity contribution in [3.05, 3.63) is 29.3 Å². The van der Waals surface area contributed by atoms with Gasteiger partial charge in [0.2, 0.25) is 0 Å². The Hall–Kier alpha value is -1.74. The van der Waals surface area contributed by atoms with Crippen molar-refractivity contribution < 1.29 is 22.6 Å². The Morgan fingerprint density at radius 3 is 2.72 bits per heavy atom. The van der Waals surface area contributed by atoms with Crippen LogP contribution in [0.4, 0.5) is 13.2 Å². The molecule has 1 aromatic rings. The van der Waals surface area contributed by atoms with Crippen LogP contribution in [0.2, 0.25) is 0 Å². The molecule has 1 unspecified atom stereocenters. The Kier molecular flexibility index (Phi) is 3.43. The first-order chi connectivity index (χ1) is 8.50. The van der Waals surface area contributed by atoms with Crippen LogP contribution >= 0.6 is 0 Å². The summed E-state index contributed by atoms with van der Waals surface area (Å²) in [5.74, 6) is -0.253. The summed E-state index contributed by atoms with van der Waals surface area (Å²) in [6.07, 6.45) is -4.34. The Bertz CT molecular complexity index is 473. The normalized spacial score (nSPS) is 19.6. The molecule has 0 aliphatic carbocycles. The van der Waals surface area contributed by atoms with E-state index in [2.05, 4.69) is 0 Å². The summed E-state index contributed by atoms with van der Waals surface area (Å²) < 4.78 is 48.8. The number of halogens is 3. The highest BCUT2D eigenvalue weighted by atomic mass is 19.4. The highest BCUT2D eigenvalue weighted by molar-refractivity contribution is 5.43. The molecule has 96 valence electrons. The molecule has 0 N–H and O–H groups in total. The van der Waals surface area contributed by atoms with Gasteiger partial charge in [0.1, 0.15) is 11.9 Å². The molecular formula is C12H10F3NO2. The topological polar surface area (TPSA) is 42.2 Å². The highest BCUT2D eigenvalue weighted by Crippen LogP contribution is 2.37. The Balaban J connectivity index is 2.30. The van der Waals surface area contributed by atoms with Crippen LogP contribution in [-0.2, 0) is 10.9 Å². The first-order valence-corrected chi connectivity index (χ1v) is 5.36. The zero-order valence-corrected chi connectivity index (χ0v) is 9.33. The van der Waals surface area contributed by atoms with Gasteiger partial charge in [-0.3, -0.25) is 0 Å². The van der Waals surface area contributed by atoms with Crippen molar-refractivity contribution in [1.82, 2.24) is 0 Å². The summed E-state index contributed by atoms with van der Waals surface area (Å²) in [5, 5.41) is 8.62. The van der Waals surface area contributed by atoms with E-state index in [9.17, 15) is 13.2 Å². The summed E-state index contributed by atoms with van der Waals surface area (Å²) in [6.45, 7) is 0.777. The minimum Gasteiger partial charge on any atom is -0.487 e. The second-order valence-electron chi connectivity index (χ2n) is 3.92. The summed E-state index contributed by atoms with van der Waals surface area (Å²) in [7, 11) is 0. The molecule has 1 aliphatic heterocycles. The second-order valence-corrected chi connectivity index (χ2v) is 3.92. The first-order valence-electron chi connectivity index (χ1n) is 5.36. The minimum atomic E-state index is -4.54. The van der Waals surface area contributed by atoms with Gasteiger partial charge < -0.3 is 9.47 Å². The molecule has 2 rings (SSSR count). The van der Waals surface area contributed by atoms with E-state index in [0.29, 0.717) is 13.0 Å². The predicted molar refractivity (Wildman–Crippen MR) is 56.0 cm³/mol. The summed E-state index contributed by atoms with van der Waals surface area (Å²) in [4.78, 5) is 0. The summed E-state index contributed by atoms with van der Waals surface area (Å²) in [6, 6.07) is 4.96. The molecule has 6 heteroatoms. The van der Waals surface area contributed by atoms with Crippen LogP contribution in [0.5, 0.6) is 5.75 Å². The van der Waals surface area contributed by atoms with Crippen LogP contribution in [0.3, 0.4) is 0 Å². The molecule has 1 fully saturated rings. The van der Waals surface area contributed by atoms with Crippen molar-refractivity contribution >= 4 is 0 Å². The third kappa shape index (κ3) is 2.74. The highest BCUT2D eigenvalue weighted by Gasteiger charge is 2.35. The lowest BCUT2D eigenvalue weighted by molar-refractivity contribution is -0.139. The first kappa shape index (κ1) is 12.7.